The van der Waals surface area contributed by atoms with E-state index in [2.05, 4.69) is 43.3 Å². The molecule has 0 aromatic heterocycles. The standard InChI is InChI=1S/C30H37NO4.C2HF3O2/c1-20-13-14-30(34-17-5-8-21-6-3-2-4-7-21)25-18-23-11-12-24(32)27-26(23)29(30,28(20)35-27)15-16-31(25,33)19-22-9-10-22;3-2(4,5)1(6)7/h2-4,6-7,11-12,20,22,25,28,32H,5,8-10,13-19H2,1H3;(H,6,7)/t20-,25-,28+,29?,30-,31?;/m1./s1. The number of carboxylic acid groups (broad SMARTS) is 1. The van der Waals surface area contributed by atoms with Gasteiger partial charge in [-0.15, -0.1) is 0 Å². The zero-order valence-corrected chi connectivity index (χ0v) is 23.7. The van der Waals surface area contributed by atoms with E-state index in [0.29, 0.717) is 30.7 Å². The number of carboxylic acids is 1. The Hall–Kier alpha value is -2.82. The van der Waals surface area contributed by atoms with Crippen molar-refractivity contribution in [1.82, 2.24) is 0 Å². The normalized spacial score (nSPS) is 34.1. The van der Waals surface area contributed by atoms with E-state index >= 15 is 0 Å². The highest BCUT2D eigenvalue weighted by Gasteiger charge is 2.76. The largest absolute Gasteiger partial charge is 0.632 e. The third-order valence-corrected chi connectivity index (χ3v) is 10.4. The second-order valence-corrected chi connectivity index (χ2v) is 12.9. The monoisotopic (exact) mass is 589 g/mol. The van der Waals surface area contributed by atoms with Gasteiger partial charge in [0.15, 0.2) is 11.5 Å². The van der Waals surface area contributed by atoms with E-state index < -0.39 is 17.7 Å². The Morgan fingerprint density at radius 2 is 1.86 bits per heavy atom. The predicted octanol–water partition coefficient (Wildman–Crippen LogP) is 5.90. The molecule has 1 spiro atoms. The zero-order valence-electron chi connectivity index (χ0n) is 23.7. The van der Waals surface area contributed by atoms with Gasteiger partial charge in [0.1, 0.15) is 17.7 Å². The Morgan fingerprint density at radius 3 is 2.52 bits per heavy atom. The summed E-state index contributed by atoms with van der Waals surface area (Å²) in [5.41, 5.74) is 2.85. The minimum atomic E-state index is -5.08. The molecule has 2 aliphatic heterocycles. The number of phenols is 1. The van der Waals surface area contributed by atoms with Crippen LogP contribution in [-0.2, 0) is 27.8 Å². The van der Waals surface area contributed by atoms with Crippen LogP contribution in [0.25, 0.3) is 0 Å². The smallest absolute Gasteiger partial charge is 0.490 e. The number of alkyl halides is 3. The van der Waals surface area contributed by atoms with Gasteiger partial charge in [0, 0.05) is 30.9 Å². The van der Waals surface area contributed by atoms with Gasteiger partial charge >= 0.3 is 12.1 Å². The molecule has 5 aliphatic rings. The minimum absolute atomic E-state index is 0.0371. The van der Waals surface area contributed by atoms with Crippen molar-refractivity contribution in [1.29, 1.82) is 0 Å². The Morgan fingerprint density at radius 1 is 1.14 bits per heavy atom. The van der Waals surface area contributed by atoms with Gasteiger partial charge in [0.05, 0.1) is 18.5 Å². The molecule has 228 valence electrons. The number of hydrogen-bond acceptors (Lipinski definition) is 5. The van der Waals surface area contributed by atoms with Crippen LogP contribution in [0.2, 0.25) is 0 Å². The lowest BCUT2D eigenvalue weighted by Crippen LogP contribution is -2.80. The van der Waals surface area contributed by atoms with Crippen LogP contribution >= 0.6 is 0 Å². The van der Waals surface area contributed by atoms with E-state index in [1.165, 1.54) is 29.5 Å². The Labute approximate surface area is 243 Å². The van der Waals surface area contributed by atoms with E-state index in [1.54, 1.807) is 6.07 Å². The molecule has 2 saturated carbocycles. The van der Waals surface area contributed by atoms with Crippen LogP contribution in [0.1, 0.15) is 62.1 Å². The molecule has 7 rings (SSSR count). The van der Waals surface area contributed by atoms with E-state index in [-0.39, 0.29) is 28.0 Å². The Kier molecular flexibility index (Phi) is 7.26. The van der Waals surface area contributed by atoms with Crippen molar-refractivity contribution >= 4 is 5.97 Å². The summed E-state index contributed by atoms with van der Waals surface area (Å²) in [6.07, 6.45) is 2.61. The van der Waals surface area contributed by atoms with Gasteiger partial charge in [-0.05, 0) is 61.6 Å². The van der Waals surface area contributed by atoms with Gasteiger partial charge in [0.2, 0.25) is 0 Å². The summed E-state index contributed by atoms with van der Waals surface area (Å²) < 4.78 is 45.4. The van der Waals surface area contributed by atoms with Crippen LogP contribution in [0, 0.1) is 17.0 Å². The van der Waals surface area contributed by atoms with E-state index in [0.717, 1.165) is 45.1 Å². The summed E-state index contributed by atoms with van der Waals surface area (Å²) in [6.45, 7) is 4.30. The molecule has 2 unspecified atom stereocenters. The highest BCUT2D eigenvalue weighted by molar-refractivity contribution is 5.73. The third kappa shape index (κ3) is 4.66. The molecular weight excluding hydrogens is 551 g/mol. The average Bonchev–Trinajstić information content (AvgIpc) is 3.68. The molecule has 2 aromatic carbocycles. The lowest BCUT2D eigenvalue weighted by atomic mass is 9.47. The molecule has 6 atom stereocenters. The van der Waals surface area contributed by atoms with Crippen molar-refractivity contribution in [3.05, 3.63) is 64.4 Å². The Balaban J connectivity index is 0.000000405. The molecule has 3 aliphatic carbocycles. The van der Waals surface area contributed by atoms with Gasteiger partial charge in [-0.3, -0.25) is 0 Å². The summed E-state index contributed by atoms with van der Waals surface area (Å²) in [5.74, 6) is -0.906. The van der Waals surface area contributed by atoms with Gasteiger partial charge < -0.3 is 29.5 Å². The summed E-state index contributed by atoms with van der Waals surface area (Å²) in [5, 5.41) is 32.6. The van der Waals surface area contributed by atoms with Crippen molar-refractivity contribution < 1.29 is 42.3 Å². The molecule has 10 heteroatoms. The number of rotatable bonds is 7. The maximum absolute atomic E-state index is 14.7. The summed E-state index contributed by atoms with van der Waals surface area (Å²) in [7, 11) is 0. The fraction of sp³-hybridized carbons (Fsp3) is 0.594. The number of hydroxylamine groups is 3. The summed E-state index contributed by atoms with van der Waals surface area (Å²) in [6, 6.07) is 14.3. The molecule has 7 nitrogen and oxygen atoms in total. The van der Waals surface area contributed by atoms with Crippen molar-refractivity contribution in [2.24, 2.45) is 11.8 Å². The van der Waals surface area contributed by atoms with Crippen LogP contribution in [0.5, 0.6) is 11.5 Å². The molecule has 0 radical (unpaired) electrons. The lowest BCUT2D eigenvalue weighted by Gasteiger charge is -2.69. The fourth-order valence-corrected chi connectivity index (χ4v) is 8.44. The topological polar surface area (TPSA) is 99.0 Å². The molecule has 3 fully saturated rings. The van der Waals surface area contributed by atoms with E-state index in [9.17, 15) is 23.5 Å². The number of carbonyl (C=O) groups is 1. The maximum Gasteiger partial charge on any atom is 0.490 e. The van der Waals surface area contributed by atoms with E-state index in [1.807, 2.05) is 0 Å². The number of quaternary nitrogens is 1. The first-order valence-electron chi connectivity index (χ1n) is 15.0. The number of aryl methyl sites for hydroxylation is 1. The number of nitrogens with zero attached hydrogens (tertiary/aromatic N) is 1. The Bertz CT molecular complexity index is 1330. The number of aliphatic carboxylic acids is 1. The second-order valence-electron chi connectivity index (χ2n) is 12.9. The number of benzene rings is 2. The first kappa shape index (κ1) is 29.3. The fourth-order valence-electron chi connectivity index (χ4n) is 8.44. The third-order valence-electron chi connectivity index (χ3n) is 10.4. The highest BCUT2D eigenvalue weighted by atomic mass is 19.4. The molecule has 0 amide bonds. The van der Waals surface area contributed by atoms with Crippen LogP contribution < -0.4 is 4.74 Å². The number of ether oxygens (including phenoxy) is 2. The average molecular weight is 590 g/mol. The number of phenolic OH excluding ortho intramolecular Hbond substituents is 1. The number of hydrogen-bond donors (Lipinski definition) is 2. The second kappa shape index (κ2) is 10.4. The SMILES string of the molecule is C[C@@H]1CC[C@@]2(OCCCc3ccccc3)[C@H]3Cc4ccc(O)c5c4C2(CC[N+]3([O-])CC2CC2)[C@H]1O5.O=C(O)C(F)(F)F. The minimum Gasteiger partial charge on any atom is -0.632 e. The molecule has 2 N–H and O–H groups in total. The van der Waals surface area contributed by atoms with Crippen molar-refractivity contribution in [2.45, 2.75) is 87.6 Å². The van der Waals surface area contributed by atoms with Gasteiger partial charge in [-0.25, -0.2) is 4.79 Å². The van der Waals surface area contributed by atoms with Gasteiger partial charge in [0.25, 0.3) is 0 Å². The number of halogens is 3. The lowest BCUT2D eigenvalue weighted by molar-refractivity contribution is -0.924. The molecule has 2 aromatic rings. The molecular formula is C32H38F3NO6. The van der Waals surface area contributed by atoms with Crippen molar-refractivity contribution in [3.63, 3.8) is 0 Å². The van der Waals surface area contributed by atoms with Crippen LogP contribution in [0.15, 0.2) is 42.5 Å². The van der Waals surface area contributed by atoms with Crippen molar-refractivity contribution in [2.75, 3.05) is 19.7 Å². The summed E-state index contributed by atoms with van der Waals surface area (Å²) in [4.78, 5) is 8.90. The van der Waals surface area contributed by atoms with Crippen LogP contribution in [0.3, 0.4) is 0 Å². The summed E-state index contributed by atoms with van der Waals surface area (Å²) >= 11 is 0. The van der Waals surface area contributed by atoms with Gasteiger partial charge in [-0.2, -0.15) is 13.2 Å². The van der Waals surface area contributed by atoms with Crippen molar-refractivity contribution in [3.8, 4) is 11.5 Å². The quantitative estimate of drug-likeness (QED) is 0.237. The first-order chi connectivity index (χ1) is 19.9. The highest BCUT2D eigenvalue weighted by Crippen LogP contribution is 2.68. The molecule has 2 heterocycles. The molecule has 2 bridgehead atoms. The van der Waals surface area contributed by atoms with Crippen LogP contribution in [0.4, 0.5) is 13.2 Å². The van der Waals surface area contributed by atoms with E-state index in [4.69, 9.17) is 19.4 Å². The molecule has 42 heavy (non-hydrogen) atoms. The number of piperidine rings is 1. The zero-order chi connectivity index (χ0) is 29.9. The van der Waals surface area contributed by atoms with Gasteiger partial charge in [-0.1, -0.05) is 43.3 Å². The van der Waals surface area contributed by atoms with Crippen LogP contribution in [-0.4, -0.2) is 64.4 Å². The predicted molar refractivity (Wildman–Crippen MR) is 148 cm³/mol. The molecule has 1 saturated heterocycles. The first-order valence-corrected chi connectivity index (χ1v) is 15.0. The number of aromatic hydroxyl groups is 1. The number of likely N-dealkylation sites (tertiary alicyclic amines) is 1. The maximum atomic E-state index is 14.7.